The van der Waals surface area contributed by atoms with Gasteiger partial charge in [-0.2, -0.15) is 0 Å². The molecule has 4 nitrogen and oxygen atoms in total. The SMILES string of the molecule is CC1C(B2OC(C)(C)C(C)(C)O2)=CN=C1N. The Morgan fingerprint density at radius 3 is 2.12 bits per heavy atom. The summed E-state index contributed by atoms with van der Waals surface area (Å²) in [6.45, 7) is 10.2. The molecule has 0 spiro atoms. The lowest BCUT2D eigenvalue weighted by Crippen LogP contribution is -2.41. The van der Waals surface area contributed by atoms with Crippen molar-refractivity contribution in [3.8, 4) is 0 Å². The zero-order chi connectivity index (χ0) is 12.1. The van der Waals surface area contributed by atoms with E-state index < -0.39 is 0 Å². The molecule has 0 radical (unpaired) electrons. The zero-order valence-corrected chi connectivity index (χ0v) is 10.6. The summed E-state index contributed by atoms with van der Waals surface area (Å²) in [5.74, 6) is 0.736. The van der Waals surface area contributed by atoms with Gasteiger partial charge in [0.25, 0.3) is 0 Å². The predicted octanol–water partition coefficient (Wildman–Crippen LogP) is 1.51. The molecule has 0 saturated carbocycles. The van der Waals surface area contributed by atoms with Crippen LogP contribution in [0.15, 0.2) is 16.7 Å². The molecule has 2 heterocycles. The molecule has 16 heavy (non-hydrogen) atoms. The molecule has 2 rings (SSSR count). The van der Waals surface area contributed by atoms with Crippen LogP contribution < -0.4 is 5.73 Å². The van der Waals surface area contributed by atoms with Crippen molar-refractivity contribution in [1.82, 2.24) is 0 Å². The Bertz CT molecular complexity index is 358. The summed E-state index contributed by atoms with van der Waals surface area (Å²) in [5, 5.41) is 0. The molecule has 5 heteroatoms. The zero-order valence-electron chi connectivity index (χ0n) is 10.6. The summed E-state index contributed by atoms with van der Waals surface area (Å²) in [5.41, 5.74) is 6.15. The number of aliphatic imine (C=N–C) groups is 1. The van der Waals surface area contributed by atoms with Crippen molar-refractivity contribution in [2.24, 2.45) is 16.6 Å². The normalized spacial score (nSPS) is 31.6. The molecule has 1 unspecified atom stereocenters. The first kappa shape index (κ1) is 11.7. The van der Waals surface area contributed by atoms with Crippen molar-refractivity contribution in [1.29, 1.82) is 0 Å². The molecule has 0 bridgehead atoms. The fraction of sp³-hybridized carbons (Fsp3) is 0.727. The quantitative estimate of drug-likeness (QED) is 0.684. The van der Waals surface area contributed by atoms with Gasteiger partial charge in [0.1, 0.15) is 5.84 Å². The van der Waals surface area contributed by atoms with Crippen molar-refractivity contribution in [2.75, 3.05) is 0 Å². The van der Waals surface area contributed by atoms with E-state index in [-0.39, 0.29) is 24.2 Å². The van der Waals surface area contributed by atoms with Crippen molar-refractivity contribution in [2.45, 2.75) is 45.8 Å². The molecule has 1 atom stereocenters. The van der Waals surface area contributed by atoms with Crippen LogP contribution in [0.3, 0.4) is 0 Å². The van der Waals surface area contributed by atoms with Gasteiger partial charge in [-0.15, -0.1) is 0 Å². The largest absolute Gasteiger partial charge is 0.492 e. The maximum atomic E-state index is 5.95. The Labute approximate surface area is 97.0 Å². The molecule has 1 saturated heterocycles. The fourth-order valence-corrected chi connectivity index (χ4v) is 1.79. The van der Waals surface area contributed by atoms with Gasteiger partial charge in [-0.05, 0) is 33.2 Å². The number of hydrogen-bond acceptors (Lipinski definition) is 4. The highest BCUT2D eigenvalue weighted by atomic mass is 16.7. The van der Waals surface area contributed by atoms with Crippen molar-refractivity contribution in [3.05, 3.63) is 11.7 Å². The van der Waals surface area contributed by atoms with Crippen LogP contribution in [-0.4, -0.2) is 24.2 Å². The van der Waals surface area contributed by atoms with Crippen LogP contribution in [0.25, 0.3) is 0 Å². The average Bonchev–Trinajstić information content (AvgIpc) is 2.54. The molecular formula is C11H19BN2O2. The number of nitrogens with two attached hydrogens (primary N) is 1. The Morgan fingerprint density at radius 1 is 1.25 bits per heavy atom. The van der Waals surface area contributed by atoms with E-state index in [0.717, 1.165) is 5.47 Å². The summed E-state index contributed by atoms with van der Waals surface area (Å²) in [6.07, 6.45) is 1.77. The average molecular weight is 222 g/mol. The maximum absolute atomic E-state index is 5.95. The molecule has 2 N–H and O–H groups in total. The molecular weight excluding hydrogens is 203 g/mol. The van der Waals surface area contributed by atoms with Gasteiger partial charge in [-0.1, -0.05) is 6.92 Å². The van der Waals surface area contributed by atoms with Gasteiger partial charge < -0.3 is 15.0 Å². The number of nitrogens with zero attached hydrogens (tertiary/aromatic N) is 1. The van der Waals surface area contributed by atoms with Crippen LogP contribution >= 0.6 is 0 Å². The smallest absolute Gasteiger partial charge is 0.400 e. The molecule has 88 valence electrons. The highest BCUT2D eigenvalue weighted by Crippen LogP contribution is 2.40. The van der Waals surface area contributed by atoms with Crippen molar-refractivity contribution in [3.63, 3.8) is 0 Å². The third-order valence-corrected chi connectivity index (χ3v) is 3.83. The van der Waals surface area contributed by atoms with Gasteiger partial charge in [0.15, 0.2) is 0 Å². The van der Waals surface area contributed by atoms with E-state index in [4.69, 9.17) is 15.0 Å². The maximum Gasteiger partial charge on any atom is 0.492 e. The number of rotatable bonds is 1. The first-order valence-electron chi connectivity index (χ1n) is 5.63. The van der Waals surface area contributed by atoms with Gasteiger partial charge in [0.05, 0.1) is 11.2 Å². The van der Waals surface area contributed by atoms with Gasteiger partial charge in [0, 0.05) is 12.1 Å². The van der Waals surface area contributed by atoms with E-state index in [1.165, 1.54) is 0 Å². The lowest BCUT2D eigenvalue weighted by molar-refractivity contribution is 0.00578. The second kappa shape index (κ2) is 3.34. The lowest BCUT2D eigenvalue weighted by atomic mass is 9.72. The van der Waals surface area contributed by atoms with Crippen LogP contribution in [0.4, 0.5) is 0 Å². The van der Waals surface area contributed by atoms with E-state index in [2.05, 4.69) is 4.99 Å². The molecule has 0 aromatic heterocycles. The Balaban J connectivity index is 2.17. The highest BCUT2D eigenvalue weighted by molar-refractivity contribution is 6.55. The topological polar surface area (TPSA) is 56.8 Å². The van der Waals surface area contributed by atoms with Crippen molar-refractivity contribution >= 4 is 13.0 Å². The summed E-state index contributed by atoms with van der Waals surface area (Å²) in [6, 6.07) is 0. The van der Waals surface area contributed by atoms with E-state index in [0.29, 0.717) is 5.84 Å². The first-order chi connectivity index (χ1) is 7.24. The van der Waals surface area contributed by atoms with Gasteiger partial charge in [-0.3, -0.25) is 0 Å². The standard InChI is InChI=1S/C11H19BN2O2/c1-7-8(6-14-9(7)13)12-15-10(2,3)11(4,5)16-12/h6-7H,1-5H3,(H2,13,14). The fourth-order valence-electron chi connectivity index (χ4n) is 1.79. The van der Waals surface area contributed by atoms with Crippen molar-refractivity contribution < 1.29 is 9.31 Å². The highest BCUT2D eigenvalue weighted by Gasteiger charge is 2.53. The van der Waals surface area contributed by atoms with Gasteiger partial charge in [0.2, 0.25) is 0 Å². The molecule has 0 aromatic carbocycles. The summed E-state index contributed by atoms with van der Waals surface area (Å²) < 4.78 is 11.9. The minimum atomic E-state index is -0.329. The van der Waals surface area contributed by atoms with Crippen LogP contribution in [0.1, 0.15) is 34.6 Å². The lowest BCUT2D eigenvalue weighted by Gasteiger charge is -2.32. The Hall–Kier alpha value is -0.805. The third kappa shape index (κ3) is 1.58. The van der Waals surface area contributed by atoms with Gasteiger partial charge in [-0.25, -0.2) is 4.99 Å². The number of amidine groups is 1. The molecule has 0 aliphatic carbocycles. The predicted molar refractivity (Wildman–Crippen MR) is 65.0 cm³/mol. The minimum absolute atomic E-state index is 0.106. The Kier molecular flexibility index (Phi) is 2.44. The molecule has 2 aliphatic rings. The summed E-state index contributed by atoms with van der Waals surface area (Å²) in [4.78, 5) is 4.11. The first-order valence-corrected chi connectivity index (χ1v) is 5.63. The van der Waals surface area contributed by atoms with E-state index in [9.17, 15) is 0 Å². The number of hydrogen-bond donors (Lipinski definition) is 1. The minimum Gasteiger partial charge on any atom is -0.400 e. The van der Waals surface area contributed by atoms with Crippen LogP contribution in [-0.2, 0) is 9.31 Å². The molecule has 0 amide bonds. The van der Waals surface area contributed by atoms with Crippen LogP contribution in [0.5, 0.6) is 0 Å². The summed E-state index contributed by atoms with van der Waals surface area (Å²) in [7, 11) is -0.329. The van der Waals surface area contributed by atoms with Gasteiger partial charge >= 0.3 is 7.12 Å². The van der Waals surface area contributed by atoms with Crippen LogP contribution in [0, 0.1) is 5.92 Å². The Morgan fingerprint density at radius 2 is 1.75 bits per heavy atom. The molecule has 1 fully saturated rings. The second-order valence-corrected chi connectivity index (χ2v) is 5.49. The third-order valence-electron chi connectivity index (χ3n) is 3.83. The molecule has 0 aromatic rings. The van der Waals surface area contributed by atoms with E-state index in [1.807, 2.05) is 34.6 Å². The van der Waals surface area contributed by atoms with E-state index in [1.54, 1.807) is 6.20 Å². The van der Waals surface area contributed by atoms with E-state index >= 15 is 0 Å². The summed E-state index contributed by atoms with van der Waals surface area (Å²) >= 11 is 0. The van der Waals surface area contributed by atoms with Crippen LogP contribution in [0.2, 0.25) is 0 Å². The monoisotopic (exact) mass is 222 g/mol. The second-order valence-electron chi connectivity index (χ2n) is 5.49. The molecule has 2 aliphatic heterocycles.